The van der Waals surface area contributed by atoms with Crippen molar-refractivity contribution in [3.05, 3.63) is 49.6 Å². The van der Waals surface area contributed by atoms with Crippen LogP contribution in [0.5, 0.6) is 0 Å². The summed E-state index contributed by atoms with van der Waals surface area (Å²) in [6, 6.07) is 7.07. The fourth-order valence-electron chi connectivity index (χ4n) is 1.58. The summed E-state index contributed by atoms with van der Waals surface area (Å²) in [5, 5.41) is 5.79. The van der Waals surface area contributed by atoms with E-state index in [1.54, 1.807) is 29.5 Å². The summed E-state index contributed by atoms with van der Waals surface area (Å²) in [4.78, 5) is 12.8. The molecule has 6 heteroatoms. The zero-order valence-corrected chi connectivity index (χ0v) is 13.2. The van der Waals surface area contributed by atoms with E-state index in [1.165, 1.54) is 7.11 Å². The number of methoxy groups -OCH3 is 1. The molecule has 0 aliphatic carbocycles. The van der Waals surface area contributed by atoms with Crippen LogP contribution in [0.2, 0.25) is 5.02 Å². The molecule has 19 heavy (non-hydrogen) atoms. The van der Waals surface area contributed by atoms with Crippen molar-refractivity contribution in [1.82, 2.24) is 0 Å². The van der Waals surface area contributed by atoms with Crippen molar-refractivity contribution in [2.75, 3.05) is 12.4 Å². The van der Waals surface area contributed by atoms with Crippen molar-refractivity contribution < 1.29 is 9.53 Å². The molecule has 0 unspecified atom stereocenters. The van der Waals surface area contributed by atoms with Crippen LogP contribution in [0.25, 0.3) is 0 Å². The first kappa shape index (κ1) is 14.4. The molecule has 1 N–H and O–H groups in total. The Morgan fingerprint density at radius 1 is 1.47 bits per heavy atom. The molecule has 0 bridgehead atoms. The lowest BCUT2D eigenvalue weighted by Gasteiger charge is -2.10. The Kier molecular flexibility index (Phi) is 4.85. The van der Waals surface area contributed by atoms with Gasteiger partial charge in [-0.3, -0.25) is 0 Å². The number of ether oxygens (including phenoxy) is 1. The number of nitrogens with one attached hydrogen (secondary N) is 1. The zero-order valence-electron chi connectivity index (χ0n) is 10.1. The number of anilines is 1. The lowest BCUT2D eigenvalue weighted by Crippen LogP contribution is -2.07. The normalized spacial score (nSPS) is 10.3. The number of thiophene rings is 1. The van der Waals surface area contributed by atoms with Crippen molar-refractivity contribution in [1.29, 1.82) is 0 Å². The van der Waals surface area contributed by atoms with Crippen molar-refractivity contribution in [2.45, 2.75) is 6.54 Å². The number of benzene rings is 1. The highest BCUT2D eigenvalue weighted by Crippen LogP contribution is 2.25. The third-order valence-electron chi connectivity index (χ3n) is 2.46. The van der Waals surface area contributed by atoms with Crippen LogP contribution >= 0.6 is 38.9 Å². The summed E-state index contributed by atoms with van der Waals surface area (Å²) in [6.07, 6.45) is 0. The van der Waals surface area contributed by atoms with E-state index in [2.05, 4.69) is 21.2 Å². The molecule has 0 aliphatic heterocycles. The van der Waals surface area contributed by atoms with Gasteiger partial charge in [-0.05, 0) is 40.2 Å². The van der Waals surface area contributed by atoms with E-state index in [9.17, 15) is 4.79 Å². The average Bonchev–Trinajstić information content (AvgIpc) is 2.81. The smallest absolute Gasteiger partial charge is 0.339 e. The number of esters is 1. The van der Waals surface area contributed by atoms with E-state index < -0.39 is 0 Å². The molecule has 3 nitrogen and oxygen atoms in total. The fraction of sp³-hybridized carbons (Fsp3) is 0.154. The van der Waals surface area contributed by atoms with Crippen LogP contribution in [0.1, 0.15) is 15.2 Å². The predicted octanol–water partition coefficient (Wildman–Crippen LogP) is 4.56. The van der Waals surface area contributed by atoms with E-state index in [1.807, 2.05) is 11.4 Å². The summed E-state index contributed by atoms with van der Waals surface area (Å²) in [7, 11) is 1.36. The zero-order chi connectivity index (χ0) is 13.8. The summed E-state index contributed by atoms with van der Waals surface area (Å²) in [6.45, 7) is 0.626. The maximum Gasteiger partial charge on any atom is 0.339 e. The Morgan fingerprint density at radius 3 is 2.89 bits per heavy atom. The Balaban J connectivity index is 2.18. The van der Waals surface area contributed by atoms with Crippen LogP contribution in [-0.2, 0) is 11.3 Å². The molecule has 0 atom stereocenters. The Hall–Kier alpha value is -1.04. The molecule has 0 saturated carbocycles. The molecule has 1 aromatic heterocycles. The van der Waals surface area contributed by atoms with Gasteiger partial charge in [-0.15, -0.1) is 11.3 Å². The number of hydrogen-bond donors (Lipinski definition) is 1. The number of rotatable bonds is 4. The minimum Gasteiger partial charge on any atom is -0.465 e. The lowest BCUT2D eigenvalue weighted by molar-refractivity contribution is 0.0602. The maximum atomic E-state index is 11.7. The van der Waals surface area contributed by atoms with Gasteiger partial charge in [-0.1, -0.05) is 11.6 Å². The van der Waals surface area contributed by atoms with Gasteiger partial charge in [0.25, 0.3) is 0 Å². The summed E-state index contributed by atoms with van der Waals surface area (Å²) < 4.78 is 5.80. The van der Waals surface area contributed by atoms with Crippen LogP contribution in [0.15, 0.2) is 34.1 Å². The molecule has 2 rings (SSSR count). The van der Waals surface area contributed by atoms with Gasteiger partial charge in [-0.2, -0.15) is 0 Å². The van der Waals surface area contributed by atoms with E-state index in [0.29, 0.717) is 22.8 Å². The van der Waals surface area contributed by atoms with E-state index in [4.69, 9.17) is 16.3 Å². The standard InChI is InChI=1S/C13H11BrClNO2S/c1-18-13(17)11-3-2-9(15)5-12(11)16-6-10-4-8(14)7-19-10/h2-5,7,16H,6H2,1H3. The topological polar surface area (TPSA) is 38.3 Å². The first-order valence-electron chi connectivity index (χ1n) is 5.45. The first-order valence-corrected chi connectivity index (χ1v) is 7.50. The lowest BCUT2D eigenvalue weighted by atomic mass is 10.2. The molecule has 1 heterocycles. The van der Waals surface area contributed by atoms with Gasteiger partial charge in [0.1, 0.15) is 0 Å². The van der Waals surface area contributed by atoms with Crippen LogP contribution in [0, 0.1) is 0 Å². The summed E-state index contributed by atoms with van der Waals surface area (Å²) >= 11 is 11.0. The Bertz CT molecular complexity index is 600. The molecule has 0 spiro atoms. The van der Waals surface area contributed by atoms with Crippen molar-refractivity contribution >= 4 is 50.5 Å². The Morgan fingerprint density at radius 2 is 2.26 bits per heavy atom. The fourth-order valence-corrected chi connectivity index (χ4v) is 3.14. The second-order valence-electron chi connectivity index (χ2n) is 3.77. The summed E-state index contributed by atoms with van der Waals surface area (Å²) in [5.74, 6) is -0.383. The van der Waals surface area contributed by atoms with Gasteiger partial charge >= 0.3 is 5.97 Å². The molecule has 1 aromatic carbocycles. The minimum absolute atomic E-state index is 0.383. The summed E-state index contributed by atoms with van der Waals surface area (Å²) in [5.41, 5.74) is 1.14. The molecule has 0 aliphatic rings. The second-order valence-corrected chi connectivity index (χ2v) is 6.11. The molecule has 0 saturated heterocycles. The maximum absolute atomic E-state index is 11.7. The number of hydrogen-bond acceptors (Lipinski definition) is 4. The largest absolute Gasteiger partial charge is 0.465 e. The van der Waals surface area contributed by atoms with Gasteiger partial charge in [0.2, 0.25) is 0 Å². The highest BCUT2D eigenvalue weighted by Gasteiger charge is 2.12. The molecule has 0 fully saturated rings. The first-order chi connectivity index (χ1) is 9.10. The second kappa shape index (κ2) is 6.41. The quantitative estimate of drug-likeness (QED) is 0.812. The van der Waals surface area contributed by atoms with Gasteiger partial charge < -0.3 is 10.1 Å². The molecule has 0 radical (unpaired) electrons. The highest BCUT2D eigenvalue weighted by molar-refractivity contribution is 9.10. The predicted molar refractivity (Wildman–Crippen MR) is 82.1 cm³/mol. The molecule has 2 aromatic rings. The SMILES string of the molecule is COC(=O)c1ccc(Cl)cc1NCc1cc(Br)cs1. The van der Waals surface area contributed by atoms with Crippen molar-refractivity contribution in [3.63, 3.8) is 0 Å². The van der Waals surface area contributed by atoms with Crippen LogP contribution in [0.4, 0.5) is 5.69 Å². The van der Waals surface area contributed by atoms with Gasteiger partial charge in [0, 0.05) is 26.3 Å². The molecule has 100 valence electrons. The van der Waals surface area contributed by atoms with Gasteiger partial charge in [-0.25, -0.2) is 4.79 Å². The third-order valence-corrected chi connectivity index (χ3v) is 4.39. The van der Waals surface area contributed by atoms with Crippen molar-refractivity contribution in [2.24, 2.45) is 0 Å². The van der Waals surface area contributed by atoms with Crippen LogP contribution in [-0.4, -0.2) is 13.1 Å². The Labute approximate surface area is 128 Å². The third kappa shape index (κ3) is 3.72. The number of carbonyl (C=O) groups excluding carboxylic acids is 1. The van der Waals surface area contributed by atoms with E-state index >= 15 is 0 Å². The number of halogens is 2. The number of carbonyl (C=O) groups is 1. The average molecular weight is 361 g/mol. The van der Waals surface area contributed by atoms with Gasteiger partial charge in [0.05, 0.1) is 18.4 Å². The van der Waals surface area contributed by atoms with E-state index in [-0.39, 0.29) is 5.97 Å². The van der Waals surface area contributed by atoms with Crippen molar-refractivity contribution in [3.8, 4) is 0 Å². The van der Waals surface area contributed by atoms with Crippen LogP contribution < -0.4 is 5.32 Å². The molecular weight excluding hydrogens is 350 g/mol. The minimum atomic E-state index is -0.383. The van der Waals surface area contributed by atoms with E-state index in [0.717, 1.165) is 9.35 Å². The monoisotopic (exact) mass is 359 g/mol. The molecular formula is C13H11BrClNO2S. The molecule has 0 amide bonds. The highest BCUT2D eigenvalue weighted by atomic mass is 79.9. The van der Waals surface area contributed by atoms with Crippen LogP contribution in [0.3, 0.4) is 0 Å². The van der Waals surface area contributed by atoms with Gasteiger partial charge in [0.15, 0.2) is 0 Å².